The maximum atomic E-state index is 11.6. The Hall–Kier alpha value is -1.87. The van der Waals surface area contributed by atoms with Crippen LogP contribution in [0.25, 0.3) is 0 Å². The minimum absolute atomic E-state index is 0.0499. The summed E-state index contributed by atoms with van der Waals surface area (Å²) in [6.45, 7) is 1.74. The van der Waals surface area contributed by atoms with E-state index in [0.29, 0.717) is 11.1 Å². The van der Waals surface area contributed by atoms with Crippen molar-refractivity contribution in [2.45, 2.75) is 6.92 Å². The Morgan fingerprint density at radius 3 is 2.58 bits per heavy atom. The molecule has 0 spiro atoms. The fourth-order valence-electron chi connectivity index (χ4n) is 1.40. The van der Waals surface area contributed by atoms with Crippen LogP contribution in [-0.4, -0.2) is 26.6 Å². The second kappa shape index (κ2) is 5.85. The normalized spacial score (nSPS) is 10.6. The van der Waals surface area contributed by atoms with E-state index in [4.69, 9.17) is 18.0 Å². The van der Waals surface area contributed by atoms with E-state index in [1.807, 2.05) is 0 Å². The maximum absolute atomic E-state index is 11.6. The predicted octanol–water partition coefficient (Wildman–Crippen LogP) is 0.642. The zero-order valence-corrected chi connectivity index (χ0v) is 11.9. The molecule has 0 aliphatic carbocycles. The number of rotatable bonds is 4. The van der Waals surface area contributed by atoms with E-state index in [1.165, 1.54) is 6.07 Å². The van der Waals surface area contributed by atoms with E-state index >= 15 is 0 Å². The Balaban J connectivity index is 3.10. The Bertz CT molecular complexity index is 613. The molecule has 0 aliphatic rings. The molecule has 7 nitrogen and oxygen atoms in total. The summed E-state index contributed by atoms with van der Waals surface area (Å²) in [5.41, 5.74) is 6.84. The summed E-state index contributed by atoms with van der Waals surface area (Å²) in [6.07, 6.45) is -1.10. The van der Waals surface area contributed by atoms with Crippen molar-refractivity contribution in [3.05, 3.63) is 29.3 Å². The number of methoxy groups -OCH3 is 1. The fraction of sp³-hybridized carbons (Fsp3) is 0.200. The van der Waals surface area contributed by atoms with Crippen molar-refractivity contribution in [1.82, 2.24) is 4.72 Å². The molecule has 1 amide bonds. The number of hydrogen-bond acceptors (Lipinski definition) is 5. The van der Waals surface area contributed by atoms with Crippen LogP contribution in [0.1, 0.15) is 11.1 Å². The van der Waals surface area contributed by atoms with E-state index in [0.717, 1.165) is 7.11 Å². The largest absolute Gasteiger partial charge is 0.452 e. The molecular weight excluding hydrogens is 290 g/mol. The van der Waals surface area contributed by atoms with Crippen LogP contribution in [0.5, 0.6) is 0 Å². The lowest BCUT2D eigenvalue weighted by atomic mass is 10.1. The third kappa shape index (κ3) is 4.07. The highest BCUT2D eigenvalue weighted by Gasteiger charge is 2.17. The van der Waals surface area contributed by atoms with Crippen LogP contribution >= 0.6 is 12.2 Å². The quantitative estimate of drug-likeness (QED) is 0.704. The highest BCUT2D eigenvalue weighted by molar-refractivity contribution is 7.91. The standard InChI is InChI=1S/C10H13N3O4S2/c1-6-4-3-5-7(8(6)9(11)18)12-19(15,16)13-10(14)17-2/h3-5,12H,1-2H3,(H2,11,18)(H,13,14). The van der Waals surface area contributed by atoms with E-state index in [9.17, 15) is 13.2 Å². The maximum Gasteiger partial charge on any atom is 0.422 e. The van der Waals surface area contributed by atoms with Gasteiger partial charge in [-0.05, 0) is 18.6 Å². The number of amides is 1. The van der Waals surface area contributed by atoms with Crippen LogP contribution in [0.3, 0.4) is 0 Å². The van der Waals surface area contributed by atoms with Gasteiger partial charge in [0.1, 0.15) is 4.99 Å². The van der Waals surface area contributed by atoms with Gasteiger partial charge in [0.25, 0.3) is 0 Å². The van der Waals surface area contributed by atoms with Gasteiger partial charge in [0, 0.05) is 5.56 Å². The van der Waals surface area contributed by atoms with Crippen LogP contribution < -0.4 is 15.2 Å². The second-order valence-electron chi connectivity index (χ2n) is 3.56. The molecule has 1 rings (SSSR count). The molecule has 0 aliphatic heterocycles. The first kappa shape index (κ1) is 15.2. The number of thiocarbonyl (C=S) groups is 1. The molecule has 0 unspecified atom stereocenters. The molecule has 0 aromatic heterocycles. The SMILES string of the molecule is COC(=O)NS(=O)(=O)Nc1cccc(C)c1C(N)=S. The molecule has 0 fully saturated rings. The molecular formula is C10H13N3O4S2. The molecule has 104 valence electrons. The molecule has 0 heterocycles. The lowest BCUT2D eigenvalue weighted by Crippen LogP contribution is -2.35. The van der Waals surface area contributed by atoms with Crippen LogP contribution in [0.4, 0.5) is 10.5 Å². The van der Waals surface area contributed by atoms with Gasteiger partial charge in [-0.3, -0.25) is 4.72 Å². The number of ether oxygens (including phenoxy) is 1. The first-order valence-electron chi connectivity index (χ1n) is 5.04. The van der Waals surface area contributed by atoms with Gasteiger partial charge in [-0.25, -0.2) is 9.52 Å². The van der Waals surface area contributed by atoms with Crippen LogP contribution in [0, 0.1) is 6.92 Å². The van der Waals surface area contributed by atoms with Crippen molar-refractivity contribution in [3.63, 3.8) is 0 Å². The number of nitrogens with one attached hydrogen (secondary N) is 2. The van der Waals surface area contributed by atoms with Crippen molar-refractivity contribution in [3.8, 4) is 0 Å². The summed E-state index contributed by atoms with van der Waals surface area (Å²) < 4.78 is 31.3. The molecule has 19 heavy (non-hydrogen) atoms. The average Bonchev–Trinajstić information content (AvgIpc) is 2.26. The topological polar surface area (TPSA) is 111 Å². The summed E-state index contributed by atoms with van der Waals surface area (Å²) in [4.78, 5) is 11.0. The number of hydrogen-bond donors (Lipinski definition) is 3. The monoisotopic (exact) mass is 303 g/mol. The summed E-state index contributed by atoms with van der Waals surface area (Å²) in [7, 11) is -3.05. The summed E-state index contributed by atoms with van der Waals surface area (Å²) in [5.74, 6) is 0. The minimum Gasteiger partial charge on any atom is -0.452 e. The van der Waals surface area contributed by atoms with Crippen molar-refractivity contribution in [2.24, 2.45) is 5.73 Å². The van der Waals surface area contributed by atoms with Crippen LogP contribution in [0.15, 0.2) is 18.2 Å². The summed E-state index contributed by atoms with van der Waals surface area (Å²) in [5, 5.41) is 0. The predicted molar refractivity (Wildman–Crippen MR) is 75.1 cm³/mol. The summed E-state index contributed by atoms with van der Waals surface area (Å²) in [6, 6.07) is 4.85. The van der Waals surface area contributed by atoms with Gasteiger partial charge >= 0.3 is 16.3 Å². The smallest absolute Gasteiger partial charge is 0.422 e. The zero-order valence-electron chi connectivity index (χ0n) is 10.3. The number of carbonyl (C=O) groups excluding carboxylic acids is 1. The molecule has 0 atom stereocenters. The van der Waals surface area contributed by atoms with Crippen molar-refractivity contribution in [1.29, 1.82) is 0 Å². The Kier molecular flexibility index (Phi) is 4.67. The highest BCUT2D eigenvalue weighted by atomic mass is 32.2. The molecule has 9 heteroatoms. The van der Waals surface area contributed by atoms with Crippen molar-refractivity contribution in [2.75, 3.05) is 11.8 Å². The number of benzene rings is 1. The first-order chi connectivity index (χ1) is 8.76. The number of anilines is 1. The van der Waals surface area contributed by atoms with Gasteiger partial charge in [-0.15, -0.1) is 0 Å². The third-order valence-corrected chi connectivity index (χ3v) is 3.29. The lowest BCUT2D eigenvalue weighted by Gasteiger charge is -2.13. The molecule has 0 radical (unpaired) electrons. The van der Waals surface area contributed by atoms with Crippen LogP contribution in [0.2, 0.25) is 0 Å². The van der Waals surface area contributed by atoms with Gasteiger partial charge in [0.05, 0.1) is 12.8 Å². The lowest BCUT2D eigenvalue weighted by molar-refractivity contribution is 0.177. The first-order valence-corrected chi connectivity index (χ1v) is 6.94. The molecule has 0 bridgehead atoms. The zero-order chi connectivity index (χ0) is 14.6. The van der Waals surface area contributed by atoms with Crippen molar-refractivity contribution >= 4 is 39.2 Å². The molecule has 1 aromatic carbocycles. The van der Waals surface area contributed by atoms with Crippen molar-refractivity contribution < 1.29 is 17.9 Å². The molecule has 4 N–H and O–H groups in total. The van der Waals surface area contributed by atoms with Gasteiger partial charge in [0.15, 0.2) is 0 Å². The second-order valence-corrected chi connectivity index (χ2v) is 5.42. The van der Waals surface area contributed by atoms with Gasteiger partial charge < -0.3 is 10.5 Å². The van der Waals surface area contributed by atoms with Crippen LogP contribution in [-0.2, 0) is 14.9 Å². The van der Waals surface area contributed by atoms with E-state index in [2.05, 4.69) is 9.46 Å². The molecule has 0 saturated heterocycles. The number of carbonyl (C=O) groups is 1. The summed E-state index contributed by atoms with van der Waals surface area (Å²) >= 11 is 4.87. The number of nitrogens with two attached hydrogens (primary N) is 1. The Labute approximate surface area is 116 Å². The van der Waals surface area contributed by atoms with Gasteiger partial charge in [0.2, 0.25) is 0 Å². The Morgan fingerprint density at radius 1 is 1.42 bits per heavy atom. The average molecular weight is 303 g/mol. The van der Waals surface area contributed by atoms with E-state index < -0.39 is 16.3 Å². The molecule has 1 aromatic rings. The third-order valence-electron chi connectivity index (χ3n) is 2.17. The highest BCUT2D eigenvalue weighted by Crippen LogP contribution is 2.20. The molecule has 0 saturated carbocycles. The van der Waals surface area contributed by atoms with E-state index in [-0.39, 0.29) is 10.7 Å². The van der Waals surface area contributed by atoms with Gasteiger partial charge in [-0.1, -0.05) is 24.4 Å². The Morgan fingerprint density at radius 2 is 2.05 bits per heavy atom. The fourth-order valence-corrected chi connectivity index (χ4v) is 2.49. The minimum atomic E-state index is -4.11. The van der Waals surface area contributed by atoms with Gasteiger partial charge in [-0.2, -0.15) is 8.42 Å². The van der Waals surface area contributed by atoms with E-state index in [1.54, 1.807) is 23.8 Å². The number of aryl methyl sites for hydroxylation is 1.